The smallest absolute Gasteiger partial charge is 0.343 e. The summed E-state index contributed by atoms with van der Waals surface area (Å²) in [7, 11) is 2.87. The number of nitro benzene ring substituents is 1. The van der Waals surface area contributed by atoms with Crippen molar-refractivity contribution in [1.82, 2.24) is 0 Å². The summed E-state index contributed by atoms with van der Waals surface area (Å²) in [4.78, 5) is 35.3. The highest BCUT2D eigenvalue weighted by Gasteiger charge is 2.16. The maximum Gasteiger partial charge on any atom is 0.343 e. The van der Waals surface area contributed by atoms with Gasteiger partial charge in [-0.15, -0.1) is 0 Å². The van der Waals surface area contributed by atoms with Crippen molar-refractivity contribution in [2.24, 2.45) is 0 Å². The molecule has 176 valence electrons. The minimum Gasteiger partial charge on any atom is -0.497 e. The fourth-order valence-electron chi connectivity index (χ4n) is 2.94. The first-order chi connectivity index (χ1) is 16.8. The lowest BCUT2D eigenvalue weighted by Gasteiger charge is -2.09. The van der Waals surface area contributed by atoms with Crippen LogP contribution < -0.4 is 19.5 Å². The van der Waals surface area contributed by atoms with Crippen molar-refractivity contribution in [2.75, 3.05) is 19.5 Å². The molecule has 0 bridgehead atoms. The number of esters is 1. The van der Waals surface area contributed by atoms with Crippen molar-refractivity contribution in [2.45, 2.75) is 0 Å². The molecule has 35 heavy (non-hydrogen) atoms. The van der Waals surface area contributed by atoms with Gasteiger partial charge in [0.15, 0.2) is 0 Å². The number of rotatable bonds is 8. The molecular formula is C25H19N3O7. The number of nitriles is 1. The second-order valence-electron chi connectivity index (χ2n) is 6.95. The number of nitrogens with one attached hydrogen (secondary N) is 1. The topological polar surface area (TPSA) is 141 Å². The summed E-state index contributed by atoms with van der Waals surface area (Å²) in [5.74, 6) is -0.254. The third-order valence-corrected chi connectivity index (χ3v) is 4.73. The second-order valence-corrected chi connectivity index (χ2v) is 6.95. The van der Waals surface area contributed by atoms with E-state index < -0.39 is 16.8 Å². The summed E-state index contributed by atoms with van der Waals surface area (Å²) in [5.41, 5.74) is 0.389. The van der Waals surface area contributed by atoms with Gasteiger partial charge in [-0.1, -0.05) is 12.1 Å². The van der Waals surface area contributed by atoms with Crippen LogP contribution in [0.25, 0.3) is 6.08 Å². The van der Waals surface area contributed by atoms with Gasteiger partial charge in [0.05, 0.1) is 30.4 Å². The average molecular weight is 473 g/mol. The number of carbonyl (C=O) groups is 2. The summed E-state index contributed by atoms with van der Waals surface area (Å²) in [5, 5.41) is 22.9. The summed E-state index contributed by atoms with van der Waals surface area (Å²) >= 11 is 0. The first kappa shape index (κ1) is 24.5. The number of hydrogen-bond donors (Lipinski definition) is 1. The molecule has 0 heterocycles. The predicted molar refractivity (Wildman–Crippen MR) is 126 cm³/mol. The summed E-state index contributed by atoms with van der Waals surface area (Å²) in [6, 6.07) is 18.1. The molecule has 3 aromatic rings. The van der Waals surface area contributed by atoms with E-state index in [1.54, 1.807) is 42.5 Å². The lowest BCUT2D eigenvalue weighted by atomic mass is 10.1. The van der Waals surface area contributed by atoms with E-state index in [-0.39, 0.29) is 28.4 Å². The molecule has 0 atom stereocenters. The van der Waals surface area contributed by atoms with Crippen LogP contribution in [0.4, 0.5) is 11.4 Å². The second kappa shape index (κ2) is 11.1. The van der Waals surface area contributed by atoms with Crippen LogP contribution in [-0.4, -0.2) is 31.0 Å². The largest absolute Gasteiger partial charge is 0.497 e. The molecule has 0 unspecified atom stereocenters. The molecule has 0 saturated heterocycles. The lowest BCUT2D eigenvalue weighted by Crippen LogP contribution is -2.14. The number of ether oxygens (including phenoxy) is 3. The van der Waals surface area contributed by atoms with Gasteiger partial charge in [0.2, 0.25) is 0 Å². The number of amides is 1. The first-order valence-electron chi connectivity index (χ1n) is 10.1. The minimum absolute atomic E-state index is 0.0497. The molecule has 0 saturated carbocycles. The zero-order chi connectivity index (χ0) is 25.4. The Morgan fingerprint density at radius 3 is 2.20 bits per heavy atom. The van der Waals surface area contributed by atoms with E-state index in [0.29, 0.717) is 16.9 Å². The van der Waals surface area contributed by atoms with Crippen LogP contribution in [0.5, 0.6) is 17.2 Å². The van der Waals surface area contributed by atoms with Gasteiger partial charge in [-0.25, -0.2) is 4.79 Å². The molecule has 10 heteroatoms. The van der Waals surface area contributed by atoms with Crippen molar-refractivity contribution in [3.63, 3.8) is 0 Å². The number of carbonyl (C=O) groups excluding carboxylic acids is 2. The Kier molecular flexibility index (Phi) is 7.77. The van der Waals surface area contributed by atoms with E-state index >= 15 is 0 Å². The maximum absolute atomic E-state index is 12.6. The Morgan fingerprint density at radius 1 is 0.971 bits per heavy atom. The fourth-order valence-corrected chi connectivity index (χ4v) is 2.94. The number of methoxy groups -OCH3 is 2. The molecule has 0 radical (unpaired) electrons. The van der Waals surface area contributed by atoms with Gasteiger partial charge >= 0.3 is 5.97 Å². The SMILES string of the molecule is COc1ccc(C(=O)Oc2ccc(/C=C(\C#N)C(=O)Nc3cc([N+](=O)[O-])ccc3OC)cc2)cc1. The number of hydrogen-bond acceptors (Lipinski definition) is 8. The molecule has 0 aliphatic carbocycles. The quantitative estimate of drug-likeness (QED) is 0.127. The molecule has 0 aliphatic rings. The molecule has 3 aromatic carbocycles. The van der Waals surface area contributed by atoms with E-state index in [9.17, 15) is 25.0 Å². The Labute approximate surface area is 200 Å². The molecule has 0 fully saturated rings. The number of non-ortho nitro benzene ring substituents is 1. The Hall–Kier alpha value is -5.17. The Morgan fingerprint density at radius 2 is 1.63 bits per heavy atom. The van der Waals surface area contributed by atoms with Crippen molar-refractivity contribution in [1.29, 1.82) is 5.26 Å². The van der Waals surface area contributed by atoms with Crippen molar-refractivity contribution in [3.05, 3.63) is 93.5 Å². The van der Waals surface area contributed by atoms with Gasteiger partial charge < -0.3 is 19.5 Å². The van der Waals surface area contributed by atoms with E-state index in [2.05, 4.69) is 5.32 Å². The molecule has 0 aliphatic heterocycles. The van der Waals surface area contributed by atoms with E-state index in [0.717, 1.165) is 6.07 Å². The predicted octanol–water partition coefficient (Wildman–Crippen LogP) is 4.38. The van der Waals surface area contributed by atoms with Gasteiger partial charge in [-0.3, -0.25) is 14.9 Å². The third kappa shape index (κ3) is 6.21. The van der Waals surface area contributed by atoms with Crippen molar-refractivity contribution < 1.29 is 28.7 Å². The molecule has 0 aromatic heterocycles. The highest BCUT2D eigenvalue weighted by molar-refractivity contribution is 6.10. The summed E-state index contributed by atoms with van der Waals surface area (Å²) < 4.78 is 15.5. The fraction of sp³-hybridized carbons (Fsp3) is 0.0800. The third-order valence-electron chi connectivity index (χ3n) is 4.73. The highest BCUT2D eigenvalue weighted by Crippen LogP contribution is 2.29. The average Bonchev–Trinajstić information content (AvgIpc) is 2.88. The first-order valence-corrected chi connectivity index (χ1v) is 10.1. The Balaban J connectivity index is 1.72. The number of benzene rings is 3. The standard InChI is InChI=1S/C25H19N3O7/c1-33-20-10-5-17(6-11-20)25(30)35-21-8-3-16(4-9-21)13-18(15-26)24(29)27-22-14-19(28(31)32)7-12-23(22)34-2/h3-14H,1-2H3,(H,27,29)/b18-13+. The summed E-state index contributed by atoms with van der Waals surface area (Å²) in [6.45, 7) is 0. The molecule has 0 spiro atoms. The van der Waals surface area contributed by atoms with Crippen LogP contribution in [0.3, 0.4) is 0 Å². The van der Waals surface area contributed by atoms with Gasteiger partial charge in [0.1, 0.15) is 28.9 Å². The minimum atomic E-state index is -0.777. The van der Waals surface area contributed by atoms with Crippen LogP contribution >= 0.6 is 0 Å². The van der Waals surface area contributed by atoms with Crippen molar-refractivity contribution in [3.8, 4) is 23.3 Å². The normalized spacial score (nSPS) is 10.6. The van der Waals surface area contributed by atoms with E-state index in [1.165, 1.54) is 44.6 Å². The van der Waals surface area contributed by atoms with Crippen LogP contribution in [0.2, 0.25) is 0 Å². The van der Waals surface area contributed by atoms with Crippen molar-refractivity contribution >= 4 is 29.3 Å². The lowest BCUT2D eigenvalue weighted by molar-refractivity contribution is -0.384. The maximum atomic E-state index is 12.6. The molecule has 1 N–H and O–H groups in total. The van der Waals surface area contributed by atoms with Gasteiger partial charge in [0.25, 0.3) is 11.6 Å². The van der Waals surface area contributed by atoms with Gasteiger partial charge in [-0.05, 0) is 54.1 Å². The van der Waals surface area contributed by atoms with E-state index in [4.69, 9.17) is 14.2 Å². The Bertz CT molecular complexity index is 1320. The number of anilines is 1. The molecule has 1 amide bonds. The van der Waals surface area contributed by atoms with Crippen LogP contribution in [0.15, 0.2) is 72.3 Å². The number of nitro groups is 1. The zero-order valence-corrected chi connectivity index (χ0v) is 18.7. The monoisotopic (exact) mass is 473 g/mol. The molecular weight excluding hydrogens is 454 g/mol. The summed E-state index contributed by atoms with van der Waals surface area (Å²) in [6.07, 6.45) is 1.33. The van der Waals surface area contributed by atoms with E-state index in [1.807, 2.05) is 0 Å². The van der Waals surface area contributed by atoms with Crippen LogP contribution in [0.1, 0.15) is 15.9 Å². The van der Waals surface area contributed by atoms with Gasteiger partial charge in [-0.2, -0.15) is 5.26 Å². The molecule has 3 rings (SSSR count). The van der Waals surface area contributed by atoms with Crippen LogP contribution in [-0.2, 0) is 4.79 Å². The highest BCUT2D eigenvalue weighted by atomic mass is 16.6. The zero-order valence-electron chi connectivity index (χ0n) is 18.7. The van der Waals surface area contributed by atoms with Crippen LogP contribution in [0, 0.1) is 21.4 Å². The molecule has 10 nitrogen and oxygen atoms in total. The van der Waals surface area contributed by atoms with Gasteiger partial charge in [0, 0.05) is 12.1 Å². The number of nitrogens with zero attached hydrogens (tertiary/aromatic N) is 2.